The Kier molecular flexibility index (Phi) is 12.5. The van der Waals surface area contributed by atoms with Crippen molar-refractivity contribution in [2.24, 2.45) is 0 Å². The second kappa shape index (κ2) is 16.1. The number of fused-ring (bicyclic) bond motifs is 1. The summed E-state index contributed by atoms with van der Waals surface area (Å²) in [6.45, 7) is 7.25. The minimum absolute atomic E-state index is 0.0857. The van der Waals surface area contributed by atoms with Gasteiger partial charge in [0.15, 0.2) is 0 Å². The van der Waals surface area contributed by atoms with Gasteiger partial charge in [-0.05, 0) is 45.7 Å². The van der Waals surface area contributed by atoms with E-state index in [9.17, 15) is 18.9 Å². The van der Waals surface area contributed by atoms with Crippen LogP contribution in [0.5, 0.6) is 0 Å². The zero-order valence-corrected chi connectivity index (χ0v) is 25.7. The van der Waals surface area contributed by atoms with Gasteiger partial charge in [-0.2, -0.15) is 4.98 Å². The topological polar surface area (TPSA) is 155 Å². The Labute approximate surface area is 249 Å². The third kappa shape index (κ3) is 11.0. The molecule has 0 saturated heterocycles. The van der Waals surface area contributed by atoms with E-state index < -0.39 is 51.4 Å². The van der Waals surface area contributed by atoms with E-state index in [4.69, 9.17) is 32.4 Å². The molecule has 2 aromatic heterocycles. The highest BCUT2D eigenvalue weighted by Gasteiger charge is 2.25. The molecular formula is C29H37N2O11P. The van der Waals surface area contributed by atoms with Crippen LogP contribution >= 0.6 is 7.60 Å². The zero-order valence-electron chi connectivity index (χ0n) is 24.8. The Balaban J connectivity index is 1.65. The molecule has 0 unspecified atom stereocenters. The van der Waals surface area contributed by atoms with Crippen molar-refractivity contribution >= 4 is 31.0 Å². The maximum Gasteiger partial charge on any atom is 0.510 e. The van der Waals surface area contributed by atoms with Gasteiger partial charge >= 0.3 is 25.6 Å². The molecule has 0 aliphatic rings. The molecule has 13 nitrogen and oxygen atoms in total. The second-order valence-corrected chi connectivity index (χ2v) is 12.0. The average molecular weight is 621 g/mol. The first-order valence-corrected chi connectivity index (χ1v) is 15.5. The van der Waals surface area contributed by atoms with Crippen LogP contribution in [0.25, 0.3) is 22.4 Å². The summed E-state index contributed by atoms with van der Waals surface area (Å²) in [6, 6.07) is 9.83. The molecule has 3 rings (SSSR count). The largest absolute Gasteiger partial charge is 0.510 e. The standard InChI is InChI=1S/C29H37N2O11P/c1-6-9-22-10-12-23(13-11-22)25-16-24-17-31(27(32)30-26(24)42-25)14-7-8-15-43(35,38-18-36-28(33)40-20(2)3)39-19-37-29(34)41-21(4)5/h7-8,10-13,16-17,20-21H,6,9,14-15,18-19H2,1-5H3/b8-7+. The summed E-state index contributed by atoms with van der Waals surface area (Å²) >= 11 is 0. The van der Waals surface area contributed by atoms with Gasteiger partial charge in [0.1, 0.15) is 5.76 Å². The monoisotopic (exact) mass is 620 g/mol. The first kappa shape index (κ1) is 33.6. The highest BCUT2D eigenvalue weighted by molar-refractivity contribution is 7.54. The summed E-state index contributed by atoms with van der Waals surface area (Å²) in [5.74, 6) is 0.590. The summed E-state index contributed by atoms with van der Waals surface area (Å²) in [4.78, 5) is 39.8. The van der Waals surface area contributed by atoms with E-state index in [0.717, 1.165) is 18.4 Å². The van der Waals surface area contributed by atoms with Crippen LogP contribution in [0.15, 0.2) is 57.9 Å². The average Bonchev–Trinajstić information content (AvgIpc) is 3.33. The number of benzene rings is 1. The number of ether oxygens (including phenoxy) is 4. The molecule has 0 atom stereocenters. The third-order valence-corrected chi connectivity index (χ3v) is 7.22. The van der Waals surface area contributed by atoms with E-state index >= 15 is 0 Å². The highest BCUT2D eigenvalue weighted by atomic mass is 31.2. The molecular weight excluding hydrogens is 583 g/mol. The number of allylic oxidation sites excluding steroid dienone is 2. The van der Waals surface area contributed by atoms with E-state index in [-0.39, 0.29) is 18.4 Å². The van der Waals surface area contributed by atoms with Crippen LogP contribution in [0.2, 0.25) is 0 Å². The Morgan fingerprint density at radius 1 is 0.977 bits per heavy atom. The molecule has 14 heteroatoms. The molecule has 0 radical (unpaired) electrons. The van der Waals surface area contributed by atoms with Gasteiger partial charge in [0.05, 0.1) is 23.8 Å². The maximum atomic E-state index is 13.2. The van der Waals surface area contributed by atoms with Crippen molar-refractivity contribution in [3.05, 3.63) is 64.7 Å². The molecule has 234 valence electrons. The van der Waals surface area contributed by atoms with Crippen LogP contribution in [-0.4, -0.2) is 53.8 Å². The van der Waals surface area contributed by atoms with Crippen LogP contribution in [0, 0.1) is 0 Å². The lowest BCUT2D eigenvalue weighted by Crippen LogP contribution is -2.21. The number of nitrogens with zero attached hydrogens (tertiary/aromatic N) is 2. The summed E-state index contributed by atoms with van der Waals surface area (Å²) in [5, 5.41) is 0.633. The molecule has 0 N–H and O–H groups in total. The van der Waals surface area contributed by atoms with Crippen molar-refractivity contribution in [3.8, 4) is 11.3 Å². The van der Waals surface area contributed by atoms with E-state index in [1.54, 1.807) is 46.0 Å². The van der Waals surface area contributed by atoms with Crippen LogP contribution in [-0.2, 0) is 45.5 Å². The first-order chi connectivity index (χ1) is 20.5. The smallest absolute Gasteiger partial charge is 0.437 e. The third-order valence-electron chi connectivity index (χ3n) is 5.57. The molecule has 0 saturated carbocycles. The molecule has 43 heavy (non-hydrogen) atoms. The van der Waals surface area contributed by atoms with Crippen molar-refractivity contribution < 1.29 is 46.6 Å². The minimum Gasteiger partial charge on any atom is -0.437 e. The van der Waals surface area contributed by atoms with Gasteiger partial charge in [-0.25, -0.2) is 14.4 Å². The zero-order chi connectivity index (χ0) is 31.4. The lowest BCUT2D eigenvalue weighted by atomic mass is 10.1. The lowest BCUT2D eigenvalue weighted by Gasteiger charge is -2.17. The number of hydrogen-bond acceptors (Lipinski definition) is 12. The van der Waals surface area contributed by atoms with Crippen molar-refractivity contribution in [3.63, 3.8) is 0 Å². The summed E-state index contributed by atoms with van der Waals surface area (Å²) in [7, 11) is -3.98. The van der Waals surface area contributed by atoms with Gasteiger partial charge < -0.3 is 23.4 Å². The number of aryl methyl sites for hydroxylation is 1. The van der Waals surface area contributed by atoms with Crippen molar-refractivity contribution in [1.82, 2.24) is 9.55 Å². The highest BCUT2D eigenvalue weighted by Crippen LogP contribution is 2.48. The fourth-order valence-electron chi connectivity index (χ4n) is 3.64. The molecule has 2 heterocycles. The van der Waals surface area contributed by atoms with Gasteiger partial charge in [-0.15, -0.1) is 0 Å². The number of carbonyl (C=O) groups excluding carboxylic acids is 2. The normalized spacial score (nSPS) is 11.9. The molecule has 1 aromatic carbocycles. The number of aromatic nitrogens is 2. The Hall–Kier alpha value is -3.93. The number of furan rings is 1. The first-order valence-electron chi connectivity index (χ1n) is 13.8. The van der Waals surface area contributed by atoms with Crippen LogP contribution in [0.1, 0.15) is 46.6 Å². The summed E-state index contributed by atoms with van der Waals surface area (Å²) in [5.41, 5.74) is 1.78. The minimum atomic E-state index is -3.98. The molecule has 0 spiro atoms. The molecule has 0 fully saturated rings. The van der Waals surface area contributed by atoms with Crippen LogP contribution < -0.4 is 5.69 Å². The number of carbonyl (C=O) groups is 2. The van der Waals surface area contributed by atoms with Gasteiger partial charge in [0.25, 0.3) is 0 Å². The van der Waals surface area contributed by atoms with E-state index in [1.165, 1.54) is 16.2 Å². The Morgan fingerprint density at radius 2 is 1.58 bits per heavy atom. The van der Waals surface area contributed by atoms with Gasteiger partial charge in [0.2, 0.25) is 19.3 Å². The van der Waals surface area contributed by atoms with Crippen molar-refractivity contribution in [2.45, 2.75) is 66.2 Å². The molecule has 0 aliphatic carbocycles. The second-order valence-electron chi connectivity index (χ2n) is 9.87. The molecule has 0 bridgehead atoms. The summed E-state index contributed by atoms with van der Waals surface area (Å²) < 4.78 is 49.9. The fourth-order valence-corrected chi connectivity index (χ4v) is 4.76. The van der Waals surface area contributed by atoms with Crippen molar-refractivity contribution in [2.75, 3.05) is 19.7 Å². The molecule has 3 aromatic rings. The number of rotatable bonds is 15. The predicted molar refractivity (Wildman–Crippen MR) is 157 cm³/mol. The van der Waals surface area contributed by atoms with E-state index in [0.29, 0.717) is 11.1 Å². The van der Waals surface area contributed by atoms with Crippen molar-refractivity contribution in [1.29, 1.82) is 0 Å². The number of hydrogen-bond donors (Lipinski definition) is 0. The van der Waals surface area contributed by atoms with Gasteiger partial charge in [-0.3, -0.25) is 18.2 Å². The molecule has 0 aliphatic heterocycles. The van der Waals surface area contributed by atoms with Crippen LogP contribution in [0.4, 0.5) is 9.59 Å². The fraction of sp³-hybridized carbons (Fsp3) is 0.448. The lowest BCUT2D eigenvalue weighted by molar-refractivity contribution is -0.0298. The van der Waals surface area contributed by atoms with Gasteiger partial charge in [-0.1, -0.05) is 49.8 Å². The summed E-state index contributed by atoms with van der Waals surface area (Å²) in [6.07, 6.45) is 3.47. The maximum absolute atomic E-state index is 13.2. The SMILES string of the molecule is CCCc1ccc(-c2cc3cn(C/C=C/CP(=O)(OCOC(=O)OC(C)C)OCOC(=O)OC(C)C)c(=O)nc3o2)cc1. The predicted octanol–water partition coefficient (Wildman–Crippen LogP) is 6.43. The Morgan fingerprint density at radius 3 is 2.14 bits per heavy atom. The molecule has 0 amide bonds. The quantitative estimate of drug-likeness (QED) is 0.0796. The van der Waals surface area contributed by atoms with Gasteiger partial charge in [0, 0.05) is 18.3 Å². The Bertz CT molecular complexity index is 1460. The van der Waals surface area contributed by atoms with E-state index in [1.807, 2.05) is 24.3 Å². The van der Waals surface area contributed by atoms with E-state index in [2.05, 4.69) is 11.9 Å². The van der Waals surface area contributed by atoms with Crippen LogP contribution in [0.3, 0.4) is 0 Å².